The van der Waals surface area contributed by atoms with E-state index in [1.54, 1.807) is 17.4 Å². The van der Waals surface area contributed by atoms with Gasteiger partial charge in [-0.25, -0.2) is 9.50 Å². The number of amides is 1. The lowest BCUT2D eigenvalue weighted by molar-refractivity contribution is -0.156. The Balaban J connectivity index is 2.03. The minimum absolute atomic E-state index is 0.00566. The zero-order chi connectivity index (χ0) is 22.3. The molecule has 3 aromatic rings. The van der Waals surface area contributed by atoms with E-state index >= 15 is 0 Å². The van der Waals surface area contributed by atoms with Crippen molar-refractivity contribution >= 4 is 39.9 Å². The Hall–Kier alpha value is -2.60. The van der Waals surface area contributed by atoms with Crippen LogP contribution in [-0.4, -0.2) is 32.7 Å². The number of alkyl halides is 6. The van der Waals surface area contributed by atoms with Gasteiger partial charge < -0.3 is 5.32 Å². The zero-order valence-corrected chi connectivity index (χ0v) is 16.4. The van der Waals surface area contributed by atoms with Crippen molar-refractivity contribution < 1.29 is 31.1 Å². The third kappa shape index (κ3) is 4.75. The summed E-state index contributed by atoms with van der Waals surface area (Å²) in [5.41, 5.74) is 0.648. The summed E-state index contributed by atoms with van der Waals surface area (Å²) in [5.74, 6) is -1.08. The molecule has 1 amide bonds. The summed E-state index contributed by atoms with van der Waals surface area (Å²) in [6.07, 6.45) is -7.51. The molecule has 5 nitrogen and oxygen atoms in total. The molecule has 2 heterocycles. The lowest BCUT2D eigenvalue weighted by Gasteiger charge is -2.15. The molecule has 1 N–H and O–H groups in total. The molecule has 2 aromatic heterocycles. The molecule has 1 atom stereocenters. The Morgan fingerprint density at radius 2 is 1.83 bits per heavy atom. The van der Waals surface area contributed by atoms with Crippen LogP contribution in [0.15, 0.2) is 30.3 Å². The Kier molecular flexibility index (Phi) is 5.83. The second kappa shape index (κ2) is 7.91. The van der Waals surface area contributed by atoms with E-state index in [4.69, 9.17) is 11.6 Å². The molecule has 0 saturated carbocycles. The number of hydrogen-bond acceptors (Lipinski definition) is 4. The fraction of sp³-hybridized carbons (Fsp3) is 0.235. The third-order valence-electron chi connectivity index (χ3n) is 3.84. The number of carbonyl (C=O) groups excluding carboxylic acids is 1. The van der Waals surface area contributed by atoms with E-state index in [2.05, 4.69) is 10.1 Å². The molecule has 0 fully saturated rings. The van der Waals surface area contributed by atoms with Crippen molar-refractivity contribution in [3.63, 3.8) is 0 Å². The highest BCUT2D eigenvalue weighted by atomic mass is 35.5. The quantitative estimate of drug-likeness (QED) is 0.422. The Morgan fingerprint density at radius 3 is 2.40 bits per heavy atom. The number of fused-ring (bicyclic) bond motifs is 1. The number of hydrogen-bond donors (Lipinski definition) is 1. The van der Waals surface area contributed by atoms with E-state index in [0.717, 1.165) is 23.6 Å². The normalized spacial score (nSPS) is 13.9. The van der Waals surface area contributed by atoms with Crippen LogP contribution in [-0.2, 0) is 11.0 Å². The molecule has 1 aromatic carbocycles. The fourth-order valence-corrected chi connectivity index (χ4v) is 3.25. The maximum Gasteiger partial charge on any atom is 0.445 e. The number of benzene rings is 1. The SMILES string of the molecule is CC(NC(=O)C=Cc1c(-c2ccc(Cl)cc2)nc2sc(C(F)(F)F)nn12)C(F)(F)F. The zero-order valence-electron chi connectivity index (χ0n) is 14.8. The molecule has 13 heteroatoms. The van der Waals surface area contributed by atoms with Crippen LogP contribution in [0.25, 0.3) is 22.3 Å². The molecular formula is C17H11ClF6N4OS. The van der Waals surface area contributed by atoms with Gasteiger partial charge in [0.05, 0.1) is 11.4 Å². The summed E-state index contributed by atoms with van der Waals surface area (Å²) in [4.78, 5) is 15.9. The molecule has 0 bridgehead atoms. The minimum atomic E-state index is -4.70. The highest BCUT2D eigenvalue weighted by Crippen LogP contribution is 2.35. The minimum Gasteiger partial charge on any atom is -0.341 e. The largest absolute Gasteiger partial charge is 0.445 e. The summed E-state index contributed by atoms with van der Waals surface area (Å²) < 4.78 is 77.6. The number of rotatable bonds is 4. The maximum atomic E-state index is 13.0. The van der Waals surface area contributed by atoms with Gasteiger partial charge in [0, 0.05) is 16.7 Å². The highest BCUT2D eigenvalue weighted by Gasteiger charge is 2.37. The van der Waals surface area contributed by atoms with E-state index in [1.807, 2.05) is 0 Å². The predicted octanol–water partition coefficient (Wildman–Crippen LogP) is 5.21. The van der Waals surface area contributed by atoms with Crippen LogP contribution >= 0.6 is 22.9 Å². The first-order valence-corrected chi connectivity index (χ1v) is 9.33. The van der Waals surface area contributed by atoms with Gasteiger partial charge in [-0.1, -0.05) is 35.1 Å². The van der Waals surface area contributed by atoms with Crippen LogP contribution in [0.4, 0.5) is 26.3 Å². The van der Waals surface area contributed by atoms with Crippen molar-refractivity contribution in [3.8, 4) is 11.3 Å². The van der Waals surface area contributed by atoms with E-state index in [9.17, 15) is 31.1 Å². The van der Waals surface area contributed by atoms with Gasteiger partial charge in [0.2, 0.25) is 15.9 Å². The average Bonchev–Trinajstić information content (AvgIpc) is 3.18. The van der Waals surface area contributed by atoms with Crippen molar-refractivity contribution in [2.45, 2.75) is 25.3 Å². The topological polar surface area (TPSA) is 59.3 Å². The van der Waals surface area contributed by atoms with Crippen molar-refractivity contribution in [2.24, 2.45) is 0 Å². The number of imidazole rings is 1. The molecule has 0 radical (unpaired) electrons. The summed E-state index contributed by atoms with van der Waals surface area (Å²) in [5, 5.41) is 4.47. The first kappa shape index (κ1) is 22.1. The predicted molar refractivity (Wildman–Crippen MR) is 99.0 cm³/mol. The van der Waals surface area contributed by atoms with Crippen molar-refractivity contribution in [1.29, 1.82) is 0 Å². The Labute approximate surface area is 174 Å². The smallest absolute Gasteiger partial charge is 0.341 e. The van der Waals surface area contributed by atoms with E-state index in [1.165, 1.54) is 12.1 Å². The number of aromatic nitrogens is 3. The van der Waals surface area contributed by atoms with Crippen LogP contribution in [0, 0.1) is 0 Å². The maximum absolute atomic E-state index is 13.0. The lowest BCUT2D eigenvalue weighted by atomic mass is 10.1. The first-order chi connectivity index (χ1) is 13.9. The van der Waals surface area contributed by atoms with Crippen molar-refractivity contribution in [2.75, 3.05) is 0 Å². The second-order valence-corrected chi connectivity index (χ2v) is 7.45. The van der Waals surface area contributed by atoms with Gasteiger partial charge in [0.25, 0.3) is 0 Å². The van der Waals surface area contributed by atoms with Gasteiger partial charge in [0.1, 0.15) is 6.04 Å². The summed E-state index contributed by atoms with van der Waals surface area (Å²) >= 11 is 6.13. The molecule has 30 heavy (non-hydrogen) atoms. The number of halogens is 7. The standard InChI is InChI=1S/C17H11ClF6N4OS/c1-8(16(19,20)21)25-12(29)7-6-11-13(9-2-4-10(18)5-3-9)26-15-28(11)27-14(30-15)17(22,23)24/h2-8H,1H3,(H,25,29). The van der Waals surface area contributed by atoms with Gasteiger partial charge >= 0.3 is 12.4 Å². The first-order valence-electron chi connectivity index (χ1n) is 8.14. The monoisotopic (exact) mass is 468 g/mol. The van der Waals surface area contributed by atoms with Crippen LogP contribution in [0.2, 0.25) is 5.02 Å². The van der Waals surface area contributed by atoms with E-state index < -0.39 is 29.3 Å². The van der Waals surface area contributed by atoms with Gasteiger partial charge in [-0.15, -0.1) is 5.10 Å². The molecule has 0 aliphatic heterocycles. The van der Waals surface area contributed by atoms with Gasteiger partial charge in [-0.2, -0.15) is 26.3 Å². The van der Waals surface area contributed by atoms with Crippen molar-refractivity contribution in [1.82, 2.24) is 19.9 Å². The molecule has 0 spiro atoms. The fourth-order valence-electron chi connectivity index (χ4n) is 2.35. The molecule has 0 aliphatic rings. The Bertz CT molecular complexity index is 1100. The summed E-state index contributed by atoms with van der Waals surface area (Å²) in [6.45, 7) is 0.762. The third-order valence-corrected chi connectivity index (χ3v) is 5.05. The number of carbonyl (C=O) groups is 1. The molecule has 0 aliphatic carbocycles. The van der Waals surface area contributed by atoms with E-state index in [0.29, 0.717) is 21.9 Å². The molecule has 1 unspecified atom stereocenters. The molecular weight excluding hydrogens is 458 g/mol. The second-order valence-electron chi connectivity index (χ2n) is 6.06. The number of nitrogens with zero attached hydrogens (tertiary/aromatic N) is 3. The van der Waals surface area contributed by atoms with Gasteiger partial charge in [-0.05, 0) is 25.1 Å². The lowest BCUT2D eigenvalue weighted by Crippen LogP contribution is -2.42. The van der Waals surface area contributed by atoms with Gasteiger partial charge in [-0.3, -0.25) is 4.79 Å². The summed E-state index contributed by atoms with van der Waals surface area (Å²) in [7, 11) is 0. The van der Waals surface area contributed by atoms with Crippen LogP contribution in [0.1, 0.15) is 17.6 Å². The molecule has 3 rings (SSSR count). The highest BCUT2D eigenvalue weighted by molar-refractivity contribution is 7.16. The van der Waals surface area contributed by atoms with Crippen molar-refractivity contribution in [3.05, 3.63) is 46.1 Å². The Morgan fingerprint density at radius 1 is 1.20 bits per heavy atom. The summed E-state index contributed by atoms with van der Waals surface area (Å²) in [6, 6.07) is 4.08. The molecule has 160 valence electrons. The van der Waals surface area contributed by atoms with Crippen LogP contribution < -0.4 is 5.32 Å². The van der Waals surface area contributed by atoms with Gasteiger partial charge in [0.15, 0.2) is 0 Å². The number of nitrogens with one attached hydrogen (secondary N) is 1. The average molecular weight is 469 g/mol. The van der Waals surface area contributed by atoms with E-state index in [-0.39, 0.29) is 16.3 Å². The van der Waals surface area contributed by atoms with Crippen LogP contribution in [0.3, 0.4) is 0 Å². The van der Waals surface area contributed by atoms with Crippen LogP contribution in [0.5, 0.6) is 0 Å². The molecule has 0 saturated heterocycles.